The molecular formula is C19H22FO4-. The van der Waals surface area contributed by atoms with Gasteiger partial charge in [-0.15, -0.1) is 0 Å². The van der Waals surface area contributed by atoms with E-state index in [2.05, 4.69) is 13.8 Å². The molecule has 2 rings (SSSR count). The minimum Gasteiger partial charge on any atom is -0.542 e. The van der Waals surface area contributed by atoms with Crippen molar-refractivity contribution in [2.24, 2.45) is 5.92 Å². The standard InChI is InChI=1S/C19H23FO4/c1-10(2)14-9-19(4,5)24-16-8-15(23-6)12(7-13(14)16)11(3)17(20)18(21)22/h7-10H,1-6H3,(H,21,22)/p-1/b17-11+. The van der Waals surface area contributed by atoms with Gasteiger partial charge in [-0.05, 0) is 50.0 Å². The largest absolute Gasteiger partial charge is 0.542 e. The van der Waals surface area contributed by atoms with E-state index in [0.29, 0.717) is 17.1 Å². The van der Waals surface area contributed by atoms with Crippen LogP contribution in [0.15, 0.2) is 24.0 Å². The third-order valence-electron chi connectivity index (χ3n) is 4.02. The zero-order chi connectivity index (χ0) is 18.2. The fourth-order valence-corrected chi connectivity index (χ4v) is 2.85. The Morgan fingerprint density at radius 3 is 2.46 bits per heavy atom. The molecule has 0 saturated heterocycles. The van der Waals surface area contributed by atoms with Gasteiger partial charge in [0.05, 0.1) is 7.11 Å². The van der Waals surface area contributed by atoms with Crippen LogP contribution < -0.4 is 14.6 Å². The monoisotopic (exact) mass is 333 g/mol. The van der Waals surface area contributed by atoms with E-state index in [1.165, 1.54) is 14.0 Å². The number of halogens is 1. The average Bonchev–Trinajstić information content (AvgIpc) is 2.50. The van der Waals surface area contributed by atoms with Crippen LogP contribution in [-0.2, 0) is 4.79 Å². The SMILES string of the molecule is COc1cc2c(cc1/C(C)=C(/F)C(=O)[O-])C(C(C)C)=CC(C)(C)O2. The molecule has 0 radical (unpaired) electrons. The highest BCUT2D eigenvalue weighted by Crippen LogP contribution is 2.44. The Bertz CT molecular complexity index is 742. The number of carbonyl (C=O) groups is 1. The fourth-order valence-electron chi connectivity index (χ4n) is 2.85. The maximum atomic E-state index is 13.8. The number of carboxylic acids is 1. The van der Waals surface area contributed by atoms with E-state index >= 15 is 0 Å². The number of rotatable bonds is 4. The highest BCUT2D eigenvalue weighted by Gasteiger charge is 2.29. The Kier molecular flexibility index (Phi) is 4.74. The lowest BCUT2D eigenvalue weighted by Gasteiger charge is -2.33. The highest BCUT2D eigenvalue weighted by atomic mass is 19.1. The third kappa shape index (κ3) is 3.30. The van der Waals surface area contributed by atoms with Gasteiger partial charge in [-0.25, -0.2) is 4.39 Å². The van der Waals surface area contributed by atoms with Crippen LogP contribution in [0.25, 0.3) is 11.1 Å². The number of carboxylic acid groups (broad SMARTS) is 1. The summed E-state index contributed by atoms with van der Waals surface area (Å²) in [6.07, 6.45) is 2.03. The van der Waals surface area contributed by atoms with Gasteiger partial charge < -0.3 is 19.4 Å². The van der Waals surface area contributed by atoms with Gasteiger partial charge in [0.25, 0.3) is 0 Å². The van der Waals surface area contributed by atoms with Gasteiger partial charge in [-0.2, -0.15) is 0 Å². The second-order valence-corrected chi connectivity index (χ2v) is 6.73. The first-order chi connectivity index (χ1) is 11.1. The number of hydrogen-bond donors (Lipinski definition) is 0. The minimum absolute atomic E-state index is 0.0393. The molecular weight excluding hydrogens is 311 g/mol. The van der Waals surface area contributed by atoms with Gasteiger partial charge in [0.2, 0.25) is 0 Å². The summed E-state index contributed by atoms with van der Waals surface area (Å²) < 4.78 is 25.2. The van der Waals surface area contributed by atoms with Crippen molar-refractivity contribution in [3.63, 3.8) is 0 Å². The Hall–Kier alpha value is -2.30. The van der Waals surface area contributed by atoms with Crippen molar-refractivity contribution in [3.05, 3.63) is 35.2 Å². The first kappa shape index (κ1) is 18.0. The van der Waals surface area contributed by atoms with Crippen LogP contribution in [0.1, 0.15) is 45.7 Å². The molecule has 0 saturated carbocycles. The van der Waals surface area contributed by atoms with E-state index < -0.39 is 17.4 Å². The van der Waals surface area contributed by atoms with Crippen LogP contribution in [0.4, 0.5) is 4.39 Å². The van der Waals surface area contributed by atoms with Crippen molar-refractivity contribution in [1.82, 2.24) is 0 Å². The summed E-state index contributed by atoms with van der Waals surface area (Å²) in [5.74, 6) is -1.94. The van der Waals surface area contributed by atoms with Crippen LogP contribution in [-0.4, -0.2) is 18.7 Å². The van der Waals surface area contributed by atoms with E-state index in [1.807, 2.05) is 19.9 Å². The predicted octanol–water partition coefficient (Wildman–Crippen LogP) is 3.36. The molecule has 5 heteroatoms. The zero-order valence-electron chi connectivity index (χ0n) is 14.8. The first-order valence-electron chi connectivity index (χ1n) is 7.79. The van der Waals surface area contributed by atoms with Crippen molar-refractivity contribution in [2.75, 3.05) is 7.11 Å². The quantitative estimate of drug-likeness (QED) is 0.793. The Morgan fingerprint density at radius 2 is 1.96 bits per heavy atom. The number of hydrogen-bond acceptors (Lipinski definition) is 4. The molecule has 0 fully saturated rings. The smallest absolute Gasteiger partial charge is 0.149 e. The van der Waals surface area contributed by atoms with E-state index in [1.54, 1.807) is 12.1 Å². The zero-order valence-corrected chi connectivity index (χ0v) is 14.8. The van der Waals surface area contributed by atoms with Crippen molar-refractivity contribution < 1.29 is 23.8 Å². The average molecular weight is 333 g/mol. The van der Waals surface area contributed by atoms with Gasteiger partial charge in [0.1, 0.15) is 28.9 Å². The number of methoxy groups -OCH3 is 1. The van der Waals surface area contributed by atoms with Crippen LogP contribution in [0.3, 0.4) is 0 Å². The molecule has 0 spiro atoms. The molecule has 0 amide bonds. The number of ether oxygens (including phenoxy) is 2. The summed E-state index contributed by atoms with van der Waals surface area (Å²) >= 11 is 0. The lowest BCUT2D eigenvalue weighted by molar-refractivity contribution is -0.301. The van der Waals surface area contributed by atoms with Crippen molar-refractivity contribution in [3.8, 4) is 11.5 Å². The van der Waals surface area contributed by atoms with Gasteiger partial charge in [-0.1, -0.05) is 13.8 Å². The summed E-state index contributed by atoms with van der Waals surface area (Å²) in [6.45, 7) is 9.43. The molecule has 130 valence electrons. The molecule has 24 heavy (non-hydrogen) atoms. The second-order valence-electron chi connectivity index (χ2n) is 6.73. The topological polar surface area (TPSA) is 58.6 Å². The minimum atomic E-state index is -1.84. The molecule has 0 unspecified atom stereocenters. The van der Waals surface area contributed by atoms with E-state index in [9.17, 15) is 14.3 Å². The van der Waals surface area contributed by atoms with Gasteiger partial charge in [0.15, 0.2) is 0 Å². The number of carbonyl (C=O) groups excluding carboxylic acids is 1. The van der Waals surface area contributed by atoms with E-state index in [0.717, 1.165) is 11.1 Å². The van der Waals surface area contributed by atoms with Gasteiger partial charge >= 0.3 is 0 Å². The first-order valence-corrected chi connectivity index (χ1v) is 7.79. The van der Waals surface area contributed by atoms with Crippen molar-refractivity contribution in [2.45, 2.75) is 40.2 Å². The maximum absolute atomic E-state index is 13.8. The number of allylic oxidation sites excluding steroid dienone is 2. The molecule has 0 aromatic heterocycles. The summed E-state index contributed by atoms with van der Waals surface area (Å²) in [4.78, 5) is 10.8. The number of fused-ring (bicyclic) bond motifs is 1. The normalized spacial score (nSPS) is 16.8. The molecule has 4 nitrogen and oxygen atoms in total. The van der Waals surface area contributed by atoms with Gasteiger partial charge in [0, 0.05) is 17.2 Å². The predicted molar refractivity (Wildman–Crippen MR) is 89.2 cm³/mol. The molecule has 1 aliphatic heterocycles. The molecule has 0 N–H and O–H groups in total. The van der Waals surface area contributed by atoms with Crippen LogP contribution in [0.5, 0.6) is 11.5 Å². The fraction of sp³-hybridized carbons (Fsp3) is 0.421. The van der Waals surface area contributed by atoms with E-state index in [-0.39, 0.29) is 11.5 Å². The third-order valence-corrected chi connectivity index (χ3v) is 4.02. The molecule has 0 aliphatic carbocycles. The molecule has 1 aromatic carbocycles. The molecule has 0 atom stereocenters. The Balaban J connectivity index is 2.73. The van der Waals surface area contributed by atoms with Crippen LogP contribution in [0.2, 0.25) is 0 Å². The molecule has 1 heterocycles. The molecule has 1 aromatic rings. The second kappa shape index (κ2) is 6.30. The summed E-state index contributed by atoms with van der Waals surface area (Å²) in [7, 11) is 1.45. The number of aliphatic carboxylic acids is 1. The summed E-state index contributed by atoms with van der Waals surface area (Å²) in [6, 6.07) is 3.39. The van der Waals surface area contributed by atoms with Crippen LogP contribution >= 0.6 is 0 Å². The summed E-state index contributed by atoms with van der Waals surface area (Å²) in [5, 5.41) is 10.8. The Morgan fingerprint density at radius 1 is 1.33 bits per heavy atom. The lowest BCUT2D eigenvalue weighted by Crippen LogP contribution is -2.30. The van der Waals surface area contributed by atoms with Crippen molar-refractivity contribution >= 4 is 17.1 Å². The molecule has 1 aliphatic rings. The van der Waals surface area contributed by atoms with Crippen LogP contribution in [0, 0.1) is 5.92 Å². The molecule has 0 bridgehead atoms. The maximum Gasteiger partial charge on any atom is 0.149 e. The van der Waals surface area contributed by atoms with E-state index in [4.69, 9.17) is 9.47 Å². The Labute approximate surface area is 141 Å². The summed E-state index contributed by atoms with van der Waals surface area (Å²) in [5.41, 5.74) is 1.73. The number of benzene rings is 1. The van der Waals surface area contributed by atoms with Crippen molar-refractivity contribution in [1.29, 1.82) is 0 Å². The lowest BCUT2D eigenvalue weighted by atomic mass is 9.86. The highest BCUT2D eigenvalue weighted by molar-refractivity contribution is 5.94. The van der Waals surface area contributed by atoms with Gasteiger partial charge in [-0.3, -0.25) is 0 Å².